The molecular formula is C22H25N3O. The van der Waals surface area contributed by atoms with Crippen molar-refractivity contribution in [3.63, 3.8) is 0 Å². The van der Waals surface area contributed by atoms with Crippen LogP contribution in [0.5, 0.6) is 0 Å². The lowest BCUT2D eigenvalue weighted by atomic mass is 9.89. The van der Waals surface area contributed by atoms with Crippen molar-refractivity contribution in [3.8, 4) is 0 Å². The highest BCUT2D eigenvalue weighted by atomic mass is 16.1. The first kappa shape index (κ1) is 17.9. The summed E-state index contributed by atoms with van der Waals surface area (Å²) >= 11 is 0. The van der Waals surface area contributed by atoms with Crippen LogP contribution in [0.2, 0.25) is 0 Å². The van der Waals surface area contributed by atoms with Crippen LogP contribution >= 0.6 is 0 Å². The predicted octanol–water partition coefficient (Wildman–Crippen LogP) is 5.03. The van der Waals surface area contributed by atoms with Gasteiger partial charge < -0.3 is 10.2 Å². The van der Waals surface area contributed by atoms with Crippen molar-refractivity contribution >= 4 is 34.8 Å². The van der Waals surface area contributed by atoms with Crippen molar-refractivity contribution in [2.75, 3.05) is 17.3 Å². The minimum Gasteiger partial charge on any atom is -0.366 e. The number of rotatable bonds is 3. The number of benzene rings is 2. The molecule has 0 bridgehead atoms. The Morgan fingerprint density at radius 2 is 1.85 bits per heavy atom. The highest BCUT2D eigenvalue weighted by molar-refractivity contribution is 5.90. The molecule has 1 heterocycles. The molecule has 1 aliphatic heterocycles. The molecule has 134 valence electrons. The van der Waals surface area contributed by atoms with Crippen LogP contribution in [0.3, 0.4) is 0 Å². The van der Waals surface area contributed by atoms with Crippen molar-refractivity contribution in [2.45, 2.75) is 33.2 Å². The van der Waals surface area contributed by atoms with Gasteiger partial charge in [-0.3, -0.25) is 9.79 Å². The monoisotopic (exact) mass is 347 g/mol. The Kier molecular flexibility index (Phi) is 4.68. The van der Waals surface area contributed by atoms with E-state index >= 15 is 0 Å². The number of nitrogens with zero attached hydrogens (tertiary/aromatic N) is 2. The Morgan fingerprint density at radius 1 is 1.15 bits per heavy atom. The van der Waals surface area contributed by atoms with E-state index in [4.69, 9.17) is 0 Å². The van der Waals surface area contributed by atoms with E-state index in [1.165, 1.54) is 23.7 Å². The van der Waals surface area contributed by atoms with Crippen molar-refractivity contribution in [3.05, 3.63) is 59.7 Å². The molecule has 0 fully saturated rings. The second-order valence-electron chi connectivity index (χ2n) is 7.30. The van der Waals surface area contributed by atoms with Gasteiger partial charge in [-0.25, -0.2) is 0 Å². The topological polar surface area (TPSA) is 44.7 Å². The van der Waals surface area contributed by atoms with Gasteiger partial charge in [0.1, 0.15) is 0 Å². The van der Waals surface area contributed by atoms with E-state index < -0.39 is 0 Å². The van der Waals surface area contributed by atoms with Crippen LogP contribution in [0.4, 0.5) is 17.1 Å². The van der Waals surface area contributed by atoms with Crippen LogP contribution in [0.15, 0.2) is 53.5 Å². The summed E-state index contributed by atoms with van der Waals surface area (Å²) in [4.78, 5) is 17.9. The van der Waals surface area contributed by atoms with Gasteiger partial charge in [0.25, 0.3) is 0 Å². The molecule has 4 nitrogen and oxygen atoms in total. The number of allylic oxidation sites excluding steroid dienone is 1. The fraction of sp³-hybridized carbons (Fsp3) is 0.273. The zero-order valence-electron chi connectivity index (χ0n) is 16.0. The molecule has 1 aliphatic rings. The van der Waals surface area contributed by atoms with Gasteiger partial charge in [-0.15, -0.1) is 0 Å². The van der Waals surface area contributed by atoms with Gasteiger partial charge in [-0.05, 0) is 68.3 Å². The molecule has 0 saturated heterocycles. The lowest BCUT2D eigenvalue weighted by Gasteiger charge is -2.40. The van der Waals surface area contributed by atoms with E-state index in [-0.39, 0.29) is 11.4 Å². The summed E-state index contributed by atoms with van der Waals surface area (Å²) in [5.74, 6) is -0.0770. The van der Waals surface area contributed by atoms with Crippen molar-refractivity contribution < 1.29 is 4.79 Å². The van der Waals surface area contributed by atoms with E-state index in [1.54, 1.807) is 0 Å². The van der Waals surface area contributed by atoms with Crippen LogP contribution < -0.4 is 10.2 Å². The molecule has 4 heteroatoms. The van der Waals surface area contributed by atoms with Crippen LogP contribution in [0.1, 0.15) is 38.8 Å². The standard InChI is InChI=1S/C22H25N3O/c1-15-13-22(3,4)25(5)21-11-6-17(12-20(15)21)14-23-18-7-9-19(10-8-18)24-16(2)26/h6-14H,1-5H3,(H,24,26). The zero-order chi connectivity index (χ0) is 18.9. The number of carbonyl (C=O) groups excluding carboxylic acids is 1. The Balaban J connectivity index is 1.82. The number of fused-ring (bicyclic) bond motifs is 1. The van der Waals surface area contributed by atoms with E-state index in [9.17, 15) is 4.79 Å². The van der Waals surface area contributed by atoms with E-state index in [1.807, 2.05) is 30.5 Å². The maximum absolute atomic E-state index is 11.1. The highest BCUT2D eigenvalue weighted by Gasteiger charge is 2.28. The molecule has 2 aromatic rings. The third-order valence-corrected chi connectivity index (χ3v) is 4.79. The van der Waals surface area contributed by atoms with Crippen LogP contribution in [0, 0.1) is 0 Å². The van der Waals surface area contributed by atoms with Gasteiger partial charge in [-0.1, -0.05) is 12.1 Å². The molecule has 0 saturated carbocycles. The summed E-state index contributed by atoms with van der Waals surface area (Å²) in [7, 11) is 2.13. The third-order valence-electron chi connectivity index (χ3n) is 4.79. The highest BCUT2D eigenvalue weighted by Crippen LogP contribution is 2.37. The molecule has 3 rings (SSSR count). The quantitative estimate of drug-likeness (QED) is 0.792. The second-order valence-corrected chi connectivity index (χ2v) is 7.30. The van der Waals surface area contributed by atoms with Crippen molar-refractivity contribution in [1.82, 2.24) is 0 Å². The fourth-order valence-electron chi connectivity index (χ4n) is 3.24. The minimum absolute atomic E-state index is 0.0162. The minimum atomic E-state index is -0.0770. The van der Waals surface area contributed by atoms with Gasteiger partial charge in [0.05, 0.1) is 11.2 Å². The Bertz CT molecular complexity index is 892. The first-order valence-electron chi connectivity index (χ1n) is 8.76. The molecule has 2 aromatic carbocycles. The smallest absolute Gasteiger partial charge is 0.221 e. The summed E-state index contributed by atoms with van der Waals surface area (Å²) < 4.78 is 0. The zero-order valence-corrected chi connectivity index (χ0v) is 16.0. The fourth-order valence-corrected chi connectivity index (χ4v) is 3.24. The molecule has 0 spiro atoms. The number of hydrogen-bond acceptors (Lipinski definition) is 3. The van der Waals surface area contributed by atoms with Crippen molar-refractivity contribution in [1.29, 1.82) is 0 Å². The summed E-state index contributed by atoms with van der Waals surface area (Å²) in [6.07, 6.45) is 4.18. The number of nitrogens with one attached hydrogen (secondary N) is 1. The molecule has 1 N–H and O–H groups in total. The number of carbonyl (C=O) groups is 1. The number of hydrogen-bond donors (Lipinski definition) is 1. The van der Waals surface area contributed by atoms with Gasteiger partial charge in [0.15, 0.2) is 0 Å². The molecule has 0 unspecified atom stereocenters. The molecule has 1 amide bonds. The first-order chi connectivity index (χ1) is 12.3. The van der Waals surface area contributed by atoms with Crippen molar-refractivity contribution in [2.24, 2.45) is 4.99 Å². The number of likely N-dealkylation sites (N-methyl/N-ethyl adjacent to an activating group) is 1. The van der Waals surface area contributed by atoms with Gasteiger partial charge >= 0.3 is 0 Å². The molecule has 0 aliphatic carbocycles. The number of anilines is 2. The lowest BCUT2D eigenvalue weighted by Crippen LogP contribution is -2.42. The largest absolute Gasteiger partial charge is 0.366 e. The average molecular weight is 347 g/mol. The Hall–Kier alpha value is -2.88. The predicted molar refractivity (Wildman–Crippen MR) is 111 cm³/mol. The third kappa shape index (κ3) is 3.69. The molecule has 26 heavy (non-hydrogen) atoms. The molecule has 0 radical (unpaired) electrons. The normalized spacial score (nSPS) is 15.6. The number of aliphatic imine (C=N–C) groups is 1. The molecule has 0 atom stereocenters. The van der Waals surface area contributed by atoms with Crippen LogP contribution in [0.25, 0.3) is 5.57 Å². The average Bonchev–Trinajstić information content (AvgIpc) is 2.58. The Morgan fingerprint density at radius 3 is 2.50 bits per heavy atom. The van der Waals surface area contributed by atoms with E-state index in [2.05, 4.69) is 67.3 Å². The van der Waals surface area contributed by atoms with Gasteiger partial charge in [0.2, 0.25) is 5.91 Å². The van der Waals surface area contributed by atoms with Crippen LogP contribution in [-0.4, -0.2) is 24.7 Å². The molecular weight excluding hydrogens is 322 g/mol. The molecule has 0 aromatic heterocycles. The SMILES string of the molecule is CC(=O)Nc1ccc(N=Cc2ccc3c(c2)C(C)=CC(C)(C)N3C)cc1. The second kappa shape index (κ2) is 6.79. The summed E-state index contributed by atoms with van der Waals surface area (Å²) in [5, 5.41) is 2.75. The van der Waals surface area contributed by atoms with Crippen LogP contribution in [-0.2, 0) is 4.79 Å². The van der Waals surface area contributed by atoms with Gasteiger partial charge in [-0.2, -0.15) is 0 Å². The summed E-state index contributed by atoms with van der Waals surface area (Å²) in [6, 6.07) is 13.9. The number of amides is 1. The van der Waals surface area contributed by atoms with E-state index in [0.29, 0.717) is 0 Å². The van der Waals surface area contributed by atoms with Gasteiger partial charge in [0, 0.05) is 37.1 Å². The Labute approximate surface area is 155 Å². The first-order valence-corrected chi connectivity index (χ1v) is 8.76. The van der Waals surface area contributed by atoms with E-state index in [0.717, 1.165) is 16.9 Å². The maximum atomic E-state index is 11.1. The lowest BCUT2D eigenvalue weighted by molar-refractivity contribution is -0.114. The maximum Gasteiger partial charge on any atom is 0.221 e. The summed E-state index contributed by atoms with van der Waals surface area (Å²) in [6.45, 7) is 8.10. The summed E-state index contributed by atoms with van der Waals surface area (Å²) in [5.41, 5.74) is 6.48.